The maximum absolute atomic E-state index is 12.1. The Balaban J connectivity index is 1.89. The van der Waals surface area contributed by atoms with Gasteiger partial charge in [0, 0.05) is 12.2 Å². The normalized spacial score (nSPS) is 10.3. The first-order chi connectivity index (χ1) is 12.1. The van der Waals surface area contributed by atoms with E-state index < -0.39 is 0 Å². The lowest BCUT2D eigenvalue weighted by Gasteiger charge is -2.12. The lowest BCUT2D eigenvalue weighted by Crippen LogP contribution is -2.24. The standard InChI is InChI=1S/C20H26N2O3/c1-3-4-11-25-18-10-7-16(12-19(18)24-2)14-22-20(23)13-15-5-8-17(21)9-6-15/h5-10,12H,3-4,11,13-14,21H2,1-2H3,(H,22,23). The molecule has 0 saturated carbocycles. The molecular formula is C20H26N2O3. The highest BCUT2D eigenvalue weighted by atomic mass is 16.5. The van der Waals surface area contributed by atoms with Crippen molar-refractivity contribution in [2.45, 2.75) is 32.7 Å². The SMILES string of the molecule is CCCCOc1ccc(CNC(=O)Cc2ccc(N)cc2)cc1OC. The zero-order valence-electron chi connectivity index (χ0n) is 14.9. The Kier molecular flexibility index (Phi) is 7.14. The van der Waals surface area contributed by atoms with Crippen LogP contribution in [0.3, 0.4) is 0 Å². The predicted octanol–water partition coefficient (Wildman–Crippen LogP) is 3.32. The van der Waals surface area contributed by atoms with Crippen LogP contribution in [0.5, 0.6) is 11.5 Å². The zero-order chi connectivity index (χ0) is 18.1. The fourth-order valence-electron chi connectivity index (χ4n) is 2.35. The molecule has 1 amide bonds. The molecule has 25 heavy (non-hydrogen) atoms. The minimum absolute atomic E-state index is 0.0352. The molecule has 5 nitrogen and oxygen atoms in total. The van der Waals surface area contributed by atoms with Gasteiger partial charge in [0.05, 0.1) is 20.1 Å². The van der Waals surface area contributed by atoms with Crippen molar-refractivity contribution in [3.8, 4) is 11.5 Å². The molecule has 2 aromatic carbocycles. The van der Waals surface area contributed by atoms with E-state index in [0.717, 1.165) is 29.7 Å². The molecule has 0 aliphatic carbocycles. The Morgan fingerprint density at radius 1 is 1.08 bits per heavy atom. The number of hydrogen-bond acceptors (Lipinski definition) is 4. The average molecular weight is 342 g/mol. The summed E-state index contributed by atoms with van der Waals surface area (Å²) in [6.45, 7) is 3.24. The molecular weight excluding hydrogens is 316 g/mol. The van der Waals surface area contributed by atoms with E-state index in [1.807, 2.05) is 30.3 Å². The van der Waals surface area contributed by atoms with Gasteiger partial charge in [-0.05, 0) is 41.8 Å². The van der Waals surface area contributed by atoms with Crippen LogP contribution in [0.1, 0.15) is 30.9 Å². The highest BCUT2D eigenvalue weighted by Gasteiger charge is 2.08. The van der Waals surface area contributed by atoms with Crippen LogP contribution in [-0.2, 0) is 17.8 Å². The lowest BCUT2D eigenvalue weighted by molar-refractivity contribution is -0.120. The summed E-state index contributed by atoms with van der Waals surface area (Å²) in [6.07, 6.45) is 2.42. The van der Waals surface area contributed by atoms with Crippen molar-refractivity contribution in [2.75, 3.05) is 19.5 Å². The number of carbonyl (C=O) groups is 1. The number of carbonyl (C=O) groups excluding carboxylic acids is 1. The van der Waals surface area contributed by atoms with Crippen molar-refractivity contribution in [1.82, 2.24) is 5.32 Å². The van der Waals surface area contributed by atoms with E-state index in [0.29, 0.717) is 31.0 Å². The smallest absolute Gasteiger partial charge is 0.224 e. The number of nitrogens with two attached hydrogens (primary N) is 1. The third-order valence-corrected chi connectivity index (χ3v) is 3.82. The van der Waals surface area contributed by atoms with Crippen LogP contribution in [0.15, 0.2) is 42.5 Å². The van der Waals surface area contributed by atoms with Crippen LogP contribution in [0, 0.1) is 0 Å². The summed E-state index contributed by atoms with van der Waals surface area (Å²) in [6, 6.07) is 13.0. The van der Waals surface area contributed by atoms with Gasteiger partial charge in [-0.2, -0.15) is 0 Å². The highest BCUT2D eigenvalue weighted by Crippen LogP contribution is 2.28. The molecule has 0 aromatic heterocycles. The van der Waals surface area contributed by atoms with E-state index in [-0.39, 0.29) is 5.91 Å². The maximum Gasteiger partial charge on any atom is 0.224 e. The number of methoxy groups -OCH3 is 1. The second-order valence-electron chi connectivity index (χ2n) is 5.88. The third kappa shape index (κ3) is 6.03. The van der Waals surface area contributed by atoms with Crippen molar-refractivity contribution in [3.63, 3.8) is 0 Å². The lowest BCUT2D eigenvalue weighted by atomic mass is 10.1. The van der Waals surface area contributed by atoms with Gasteiger partial charge in [-0.25, -0.2) is 0 Å². The van der Waals surface area contributed by atoms with Crippen molar-refractivity contribution in [3.05, 3.63) is 53.6 Å². The molecule has 0 unspecified atom stereocenters. The summed E-state index contributed by atoms with van der Waals surface area (Å²) in [5.41, 5.74) is 8.24. The van der Waals surface area contributed by atoms with Gasteiger partial charge < -0.3 is 20.5 Å². The Morgan fingerprint density at radius 3 is 2.48 bits per heavy atom. The number of rotatable bonds is 9. The molecule has 2 rings (SSSR count). The second kappa shape index (κ2) is 9.57. The molecule has 2 aromatic rings. The molecule has 0 atom stereocenters. The number of nitrogens with one attached hydrogen (secondary N) is 1. The number of hydrogen-bond donors (Lipinski definition) is 2. The van der Waals surface area contributed by atoms with Crippen molar-refractivity contribution >= 4 is 11.6 Å². The van der Waals surface area contributed by atoms with E-state index in [1.54, 1.807) is 19.2 Å². The minimum atomic E-state index is -0.0352. The summed E-state index contributed by atoms with van der Waals surface area (Å²) < 4.78 is 11.1. The summed E-state index contributed by atoms with van der Waals surface area (Å²) in [7, 11) is 1.62. The number of anilines is 1. The fourth-order valence-corrected chi connectivity index (χ4v) is 2.35. The second-order valence-corrected chi connectivity index (χ2v) is 5.88. The number of amides is 1. The van der Waals surface area contributed by atoms with Crippen LogP contribution in [0.2, 0.25) is 0 Å². The van der Waals surface area contributed by atoms with Gasteiger partial charge in [-0.15, -0.1) is 0 Å². The Morgan fingerprint density at radius 2 is 1.80 bits per heavy atom. The van der Waals surface area contributed by atoms with E-state index in [9.17, 15) is 4.79 Å². The van der Waals surface area contributed by atoms with Gasteiger partial charge in [0.2, 0.25) is 5.91 Å². The van der Waals surface area contributed by atoms with Gasteiger partial charge in [0.25, 0.3) is 0 Å². The van der Waals surface area contributed by atoms with Crippen molar-refractivity contribution in [2.24, 2.45) is 0 Å². The molecule has 3 N–H and O–H groups in total. The molecule has 0 saturated heterocycles. The molecule has 0 bridgehead atoms. The van der Waals surface area contributed by atoms with Gasteiger partial charge in [-0.1, -0.05) is 31.5 Å². The number of unbranched alkanes of at least 4 members (excludes halogenated alkanes) is 1. The van der Waals surface area contributed by atoms with Gasteiger partial charge >= 0.3 is 0 Å². The van der Waals surface area contributed by atoms with Crippen molar-refractivity contribution in [1.29, 1.82) is 0 Å². The molecule has 5 heteroatoms. The van der Waals surface area contributed by atoms with E-state index in [2.05, 4.69) is 12.2 Å². The Labute approximate surface area is 149 Å². The summed E-state index contributed by atoms with van der Waals surface area (Å²) in [5, 5.41) is 2.92. The Hall–Kier alpha value is -2.69. The van der Waals surface area contributed by atoms with Crippen LogP contribution in [-0.4, -0.2) is 19.6 Å². The number of nitrogen functional groups attached to an aromatic ring is 1. The van der Waals surface area contributed by atoms with Gasteiger partial charge in [0.15, 0.2) is 11.5 Å². The molecule has 0 heterocycles. The van der Waals surface area contributed by atoms with E-state index >= 15 is 0 Å². The first kappa shape index (κ1) is 18.6. The van der Waals surface area contributed by atoms with Crippen molar-refractivity contribution < 1.29 is 14.3 Å². The summed E-state index contributed by atoms with van der Waals surface area (Å²) in [5.74, 6) is 1.38. The third-order valence-electron chi connectivity index (χ3n) is 3.82. The minimum Gasteiger partial charge on any atom is -0.493 e. The van der Waals surface area contributed by atoms with E-state index in [4.69, 9.17) is 15.2 Å². The van der Waals surface area contributed by atoms with Crippen LogP contribution in [0.4, 0.5) is 5.69 Å². The van der Waals surface area contributed by atoms with Crippen LogP contribution in [0.25, 0.3) is 0 Å². The summed E-state index contributed by atoms with van der Waals surface area (Å²) >= 11 is 0. The quantitative estimate of drug-likeness (QED) is 0.541. The average Bonchev–Trinajstić information content (AvgIpc) is 2.62. The molecule has 0 spiro atoms. The Bertz CT molecular complexity index is 684. The zero-order valence-corrected chi connectivity index (χ0v) is 14.9. The van der Waals surface area contributed by atoms with Gasteiger partial charge in [-0.3, -0.25) is 4.79 Å². The molecule has 0 radical (unpaired) electrons. The monoisotopic (exact) mass is 342 g/mol. The first-order valence-electron chi connectivity index (χ1n) is 8.53. The predicted molar refractivity (Wildman–Crippen MR) is 99.8 cm³/mol. The topological polar surface area (TPSA) is 73.6 Å². The number of benzene rings is 2. The largest absolute Gasteiger partial charge is 0.493 e. The summed E-state index contributed by atoms with van der Waals surface area (Å²) in [4.78, 5) is 12.1. The van der Waals surface area contributed by atoms with Crippen LogP contribution < -0.4 is 20.5 Å². The fraction of sp³-hybridized carbons (Fsp3) is 0.350. The molecule has 134 valence electrons. The van der Waals surface area contributed by atoms with Crippen LogP contribution >= 0.6 is 0 Å². The number of ether oxygens (including phenoxy) is 2. The molecule has 0 aliphatic rings. The maximum atomic E-state index is 12.1. The van der Waals surface area contributed by atoms with E-state index in [1.165, 1.54) is 0 Å². The molecule has 0 fully saturated rings. The highest BCUT2D eigenvalue weighted by molar-refractivity contribution is 5.78. The van der Waals surface area contributed by atoms with Gasteiger partial charge in [0.1, 0.15) is 0 Å². The first-order valence-corrected chi connectivity index (χ1v) is 8.53. The molecule has 0 aliphatic heterocycles.